The molecule has 21 nitrogen and oxygen atoms in total. The van der Waals surface area contributed by atoms with Crippen LogP contribution in [0.25, 0.3) is 0 Å². The molecule has 6 aromatic rings. The van der Waals surface area contributed by atoms with Crippen LogP contribution in [-0.4, -0.2) is 114 Å². The van der Waals surface area contributed by atoms with E-state index < -0.39 is 58.5 Å². The standard InChI is InChI=1S/C46H50F4N12O9/c1-25-37(27(3)59(5)39(25)43(65)53-29-7-9-33(47)35(49)19-29)41(63)45(67)51-21-31-23-61(57-55-31)11-13-69-15-17-71-18-16-70-14-12-62-24-32(56-58-62)22-52-46(68)42(64)38-26(2)40(60(6)28(38)4)44(66)54-30-8-10-34(48)36(50)20-30/h7-10,19-20,23-24H,11-18,21-22H2,1-6H3,(H,51,67)(H,52,68)(H,53,65)(H,54,66). The maximum absolute atomic E-state index is 13.7. The van der Waals surface area contributed by atoms with E-state index in [1.54, 1.807) is 40.3 Å². The number of aromatic nitrogens is 8. The number of halogens is 4. The molecule has 0 aliphatic heterocycles. The number of nitrogens with one attached hydrogen (secondary N) is 4. The molecule has 0 spiro atoms. The predicted octanol–water partition coefficient (Wildman–Crippen LogP) is 3.59. The van der Waals surface area contributed by atoms with Gasteiger partial charge in [-0.1, -0.05) is 10.4 Å². The lowest BCUT2D eigenvalue weighted by Gasteiger charge is -2.08. The van der Waals surface area contributed by atoms with Gasteiger partial charge in [-0.05, 0) is 63.1 Å². The Balaban J connectivity index is 0.816. The van der Waals surface area contributed by atoms with Gasteiger partial charge < -0.3 is 44.6 Å². The number of hydrogen-bond acceptors (Lipinski definition) is 13. The van der Waals surface area contributed by atoms with Crippen molar-refractivity contribution in [2.45, 2.75) is 53.9 Å². The highest BCUT2D eigenvalue weighted by Crippen LogP contribution is 2.25. The molecule has 376 valence electrons. The lowest BCUT2D eigenvalue weighted by molar-refractivity contribution is -0.117. The quantitative estimate of drug-likeness (QED) is 0.0294. The van der Waals surface area contributed by atoms with Gasteiger partial charge in [0.25, 0.3) is 35.2 Å². The second-order valence-corrected chi connectivity index (χ2v) is 16.0. The summed E-state index contributed by atoms with van der Waals surface area (Å²) < 4.78 is 76.6. The topological polar surface area (TPSA) is 250 Å². The van der Waals surface area contributed by atoms with E-state index in [1.165, 1.54) is 44.5 Å². The van der Waals surface area contributed by atoms with Crippen LogP contribution in [0.2, 0.25) is 0 Å². The summed E-state index contributed by atoms with van der Waals surface area (Å²) in [5.74, 6) is -9.37. The van der Waals surface area contributed by atoms with Crippen LogP contribution in [0, 0.1) is 51.0 Å². The number of carbonyl (C=O) groups excluding carboxylic acids is 6. The monoisotopic (exact) mass is 990 g/mol. The van der Waals surface area contributed by atoms with Gasteiger partial charge in [-0.25, -0.2) is 26.9 Å². The summed E-state index contributed by atoms with van der Waals surface area (Å²) in [6.45, 7) is 8.41. The molecule has 2 aromatic carbocycles. The van der Waals surface area contributed by atoms with E-state index in [0.29, 0.717) is 62.3 Å². The van der Waals surface area contributed by atoms with Crippen molar-refractivity contribution in [2.24, 2.45) is 14.1 Å². The van der Waals surface area contributed by atoms with Crippen molar-refractivity contribution in [2.75, 3.05) is 50.3 Å². The molecule has 4 amide bonds. The number of hydrogen-bond donors (Lipinski definition) is 4. The van der Waals surface area contributed by atoms with Gasteiger partial charge in [0.1, 0.15) is 22.8 Å². The molecule has 0 fully saturated rings. The minimum atomic E-state index is -1.14. The van der Waals surface area contributed by atoms with Crippen molar-refractivity contribution in [1.82, 2.24) is 49.8 Å². The van der Waals surface area contributed by atoms with E-state index in [2.05, 4.69) is 41.9 Å². The average molecular weight is 991 g/mol. The van der Waals surface area contributed by atoms with Crippen LogP contribution >= 0.6 is 0 Å². The van der Waals surface area contributed by atoms with Gasteiger partial charge in [-0.3, -0.25) is 28.8 Å². The Bertz CT molecular complexity index is 2780. The van der Waals surface area contributed by atoms with E-state index in [-0.39, 0.29) is 71.3 Å². The van der Waals surface area contributed by atoms with Crippen LogP contribution in [0.1, 0.15) is 75.6 Å². The molecule has 0 atom stereocenters. The summed E-state index contributed by atoms with van der Waals surface area (Å²) in [6.07, 6.45) is 3.17. The number of amides is 4. The minimum absolute atomic E-state index is 0.0116. The Morgan fingerprint density at radius 3 is 1.27 bits per heavy atom. The maximum atomic E-state index is 13.7. The van der Waals surface area contributed by atoms with Gasteiger partial charge in [0.2, 0.25) is 0 Å². The zero-order chi connectivity index (χ0) is 51.5. The van der Waals surface area contributed by atoms with Crippen molar-refractivity contribution in [3.8, 4) is 0 Å². The third-order valence-corrected chi connectivity index (χ3v) is 11.2. The molecule has 4 aromatic heterocycles. The zero-order valence-corrected chi connectivity index (χ0v) is 39.5. The first kappa shape index (κ1) is 52.5. The Morgan fingerprint density at radius 2 is 0.901 bits per heavy atom. The Labute approximate surface area is 402 Å². The van der Waals surface area contributed by atoms with Crippen molar-refractivity contribution in [1.29, 1.82) is 0 Å². The van der Waals surface area contributed by atoms with E-state index in [1.807, 2.05) is 0 Å². The summed E-state index contributed by atoms with van der Waals surface area (Å²) in [6, 6.07) is 5.80. The van der Waals surface area contributed by atoms with E-state index in [4.69, 9.17) is 14.2 Å². The Morgan fingerprint density at radius 1 is 0.535 bits per heavy atom. The number of benzene rings is 2. The minimum Gasteiger partial charge on any atom is -0.377 e. The van der Waals surface area contributed by atoms with Crippen LogP contribution in [0.5, 0.6) is 0 Å². The Hall–Kier alpha value is -7.90. The molecule has 0 bridgehead atoms. The lowest BCUT2D eigenvalue weighted by atomic mass is 10.0. The fourth-order valence-electron chi connectivity index (χ4n) is 7.44. The van der Waals surface area contributed by atoms with Gasteiger partial charge >= 0.3 is 0 Å². The molecule has 0 radical (unpaired) electrons. The second kappa shape index (κ2) is 23.6. The number of nitrogens with zero attached hydrogens (tertiary/aromatic N) is 8. The van der Waals surface area contributed by atoms with Crippen LogP contribution in [0.3, 0.4) is 0 Å². The molecule has 0 unspecified atom stereocenters. The summed E-state index contributed by atoms with van der Waals surface area (Å²) >= 11 is 0. The highest BCUT2D eigenvalue weighted by atomic mass is 19.2. The van der Waals surface area contributed by atoms with Gasteiger partial charge in [0, 0.05) is 49.0 Å². The predicted molar refractivity (Wildman–Crippen MR) is 243 cm³/mol. The first-order valence-corrected chi connectivity index (χ1v) is 21.9. The van der Waals surface area contributed by atoms with E-state index >= 15 is 0 Å². The average Bonchev–Trinajstić information content (AvgIpc) is 4.09. The molecule has 0 aliphatic carbocycles. The smallest absolute Gasteiger partial charge is 0.292 e. The van der Waals surface area contributed by atoms with Crippen molar-refractivity contribution < 1.29 is 60.5 Å². The molecule has 0 aliphatic rings. The zero-order valence-electron chi connectivity index (χ0n) is 39.5. The number of Topliss-reactive ketones (excluding diaryl/α,β-unsaturated/α-hetero) is 2. The molecule has 0 saturated carbocycles. The fraction of sp³-hybridized carbons (Fsp3) is 0.348. The van der Waals surface area contributed by atoms with Crippen LogP contribution in [0.4, 0.5) is 28.9 Å². The number of rotatable bonds is 24. The maximum Gasteiger partial charge on any atom is 0.292 e. The number of carbonyl (C=O) groups is 6. The van der Waals surface area contributed by atoms with Gasteiger partial charge in [0.15, 0.2) is 23.3 Å². The van der Waals surface area contributed by atoms with Gasteiger partial charge in [-0.2, -0.15) is 0 Å². The van der Waals surface area contributed by atoms with E-state index in [9.17, 15) is 46.3 Å². The second-order valence-electron chi connectivity index (χ2n) is 16.0. The van der Waals surface area contributed by atoms with Crippen molar-refractivity contribution in [3.63, 3.8) is 0 Å². The summed E-state index contributed by atoms with van der Waals surface area (Å²) in [7, 11) is 3.08. The summed E-state index contributed by atoms with van der Waals surface area (Å²) in [5.41, 5.74) is 2.16. The van der Waals surface area contributed by atoms with Gasteiger partial charge in [0.05, 0.1) is 89.3 Å². The SMILES string of the molecule is Cc1c(C(=O)C(=O)NCc2cn(CCOCCOCCOCCn3cc(CNC(=O)C(=O)c4c(C)c(C(=O)Nc5ccc(F)c(F)c5)n(C)c4C)nn3)nn2)c(C)n(C)c1C(=O)Nc1ccc(F)c(F)c1. The van der Waals surface area contributed by atoms with Crippen LogP contribution < -0.4 is 21.3 Å². The first-order chi connectivity index (χ1) is 33.9. The number of ether oxygens (including phenoxy) is 3. The highest BCUT2D eigenvalue weighted by molar-refractivity contribution is 6.44. The first-order valence-electron chi connectivity index (χ1n) is 21.9. The molecular formula is C46H50F4N12O9. The Kier molecular flexibility index (Phi) is 17.4. The highest BCUT2D eigenvalue weighted by Gasteiger charge is 2.30. The molecule has 25 heteroatoms. The fourth-order valence-corrected chi connectivity index (χ4v) is 7.44. The van der Waals surface area contributed by atoms with Crippen LogP contribution in [0.15, 0.2) is 48.8 Å². The molecular weight excluding hydrogens is 941 g/mol. The molecule has 4 heterocycles. The lowest BCUT2D eigenvalue weighted by Crippen LogP contribution is -2.31. The van der Waals surface area contributed by atoms with Crippen molar-refractivity contribution in [3.05, 3.63) is 128 Å². The van der Waals surface area contributed by atoms with Crippen molar-refractivity contribution >= 4 is 46.6 Å². The molecule has 71 heavy (non-hydrogen) atoms. The van der Waals surface area contributed by atoms with Gasteiger partial charge in [-0.15, -0.1) is 10.2 Å². The van der Waals surface area contributed by atoms with Crippen LogP contribution in [-0.2, 0) is 64.1 Å². The molecule has 0 saturated heterocycles. The third kappa shape index (κ3) is 12.9. The summed E-state index contributed by atoms with van der Waals surface area (Å²) in [4.78, 5) is 78.2. The molecule has 6 rings (SSSR count). The largest absolute Gasteiger partial charge is 0.377 e. The van der Waals surface area contributed by atoms with E-state index in [0.717, 1.165) is 24.3 Å². The summed E-state index contributed by atoms with van der Waals surface area (Å²) in [5, 5.41) is 26.0. The number of ketones is 2. The normalized spacial score (nSPS) is 11.2. The molecule has 4 N–H and O–H groups in total. The third-order valence-electron chi connectivity index (χ3n) is 11.2. The number of anilines is 2.